The fraction of sp³-hybridized carbons (Fsp3) is 0.238. The van der Waals surface area contributed by atoms with E-state index in [0.29, 0.717) is 41.5 Å². The maximum absolute atomic E-state index is 12.1. The van der Waals surface area contributed by atoms with Crippen LogP contribution in [-0.4, -0.2) is 51.6 Å². The summed E-state index contributed by atoms with van der Waals surface area (Å²) in [6, 6.07) is 10.5. The number of phenols is 1. The molecule has 2 heterocycles. The fourth-order valence-electron chi connectivity index (χ4n) is 2.84. The molecule has 0 radical (unpaired) electrons. The second kappa shape index (κ2) is 10.6. The smallest absolute Gasteiger partial charge is 0.240 e. The SMILES string of the molecule is CCOc1cc(/C=N/Nc2nc(SCC(=O)NCc3ccc4c(c3)OCO4)n[nH]2)ccc1O. The van der Waals surface area contributed by atoms with Crippen molar-refractivity contribution in [1.82, 2.24) is 20.5 Å². The number of nitrogens with one attached hydrogen (secondary N) is 3. The maximum Gasteiger partial charge on any atom is 0.240 e. The molecule has 0 bridgehead atoms. The Labute approximate surface area is 193 Å². The van der Waals surface area contributed by atoms with E-state index >= 15 is 0 Å². The highest BCUT2D eigenvalue weighted by Crippen LogP contribution is 2.32. The Morgan fingerprint density at radius 3 is 3.06 bits per heavy atom. The van der Waals surface area contributed by atoms with E-state index in [1.165, 1.54) is 17.8 Å². The molecule has 0 saturated heterocycles. The van der Waals surface area contributed by atoms with Gasteiger partial charge in [-0.05, 0) is 48.4 Å². The molecule has 1 amide bonds. The van der Waals surface area contributed by atoms with Crippen molar-refractivity contribution in [1.29, 1.82) is 0 Å². The highest BCUT2D eigenvalue weighted by Gasteiger charge is 2.14. The average Bonchev–Trinajstić information content (AvgIpc) is 3.47. The van der Waals surface area contributed by atoms with Crippen LogP contribution in [0.4, 0.5) is 5.95 Å². The number of ether oxygens (including phenoxy) is 3. The molecule has 4 N–H and O–H groups in total. The normalized spacial score (nSPS) is 12.2. The summed E-state index contributed by atoms with van der Waals surface area (Å²) in [5.41, 5.74) is 4.39. The van der Waals surface area contributed by atoms with Crippen LogP contribution in [-0.2, 0) is 11.3 Å². The minimum Gasteiger partial charge on any atom is -0.504 e. The number of hydrogen-bond donors (Lipinski definition) is 4. The number of fused-ring (bicyclic) bond motifs is 1. The van der Waals surface area contributed by atoms with Crippen molar-refractivity contribution in [2.45, 2.75) is 18.6 Å². The molecular weight excluding hydrogens is 448 g/mol. The van der Waals surface area contributed by atoms with Crippen molar-refractivity contribution in [3.63, 3.8) is 0 Å². The van der Waals surface area contributed by atoms with Gasteiger partial charge in [-0.25, -0.2) is 10.5 Å². The summed E-state index contributed by atoms with van der Waals surface area (Å²) in [5.74, 6) is 2.19. The van der Waals surface area contributed by atoms with Crippen LogP contribution < -0.4 is 25.0 Å². The predicted octanol–water partition coefficient (Wildman–Crippen LogP) is 2.49. The first-order chi connectivity index (χ1) is 16.1. The summed E-state index contributed by atoms with van der Waals surface area (Å²) >= 11 is 1.20. The Morgan fingerprint density at radius 2 is 2.18 bits per heavy atom. The van der Waals surface area contributed by atoms with E-state index in [9.17, 15) is 9.90 Å². The molecule has 1 aliphatic rings. The molecule has 1 aromatic heterocycles. The lowest BCUT2D eigenvalue weighted by Gasteiger charge is -2.05. The number of aromatic nitrogens is 3. The minimum atomic E-state index is -0.146. The molecule has 0 unspecified atom stereocenters. The van der Waals surface area contributed by atoms with Crippen LogP contribution in [0.15, 0.2) is 46.7 Å². The largest absolute Gasteiger partial charge is 0.504 e. The monoisotopic (exact) mass is 470 g/mol. The molecule has 0 fully saturated rings. The van der Waals surface area contributed by atoms with Gasteiger partial charge in [0.1, 0.15) is 0 Å². The van der Waals surface area contributed by atoms with Crippen molar-refractivity contribution >= 4 is 29.8 Å². The average molecular weight is 471 g/mol. The Hall–Kier alpha value is -3.93. The Kier molecular flexibility index (Phi) is 7.15. The number of H-pyrrole nitrogens is 1. The molecule has 0 spiro atoms. The van der Waals surface area contributed by atoms with Crippen LogP contribution in [0.25, 0.3) is 0 Å². The summed E-state index contributed by atoms with van der Waals surface area (Å²) in [5, 5.41) is 23.8. The highest BCUT2D eigenvalue weighted by molar-refractivity contribution is 7.99. The third kappa shape index (κ3) is 6.07. The summed E-state index contributed by atoms with van der Waals surface area (Å²) in [6.07, 6.45) is 1.56. The first-order valence-electron chi connectivity index (χ1n) is 10.1. The van der Waals surface area contributed by atoms with Crippen LogP contribution in [0.3, 0.4) is 0 Å². The molecule has 11 nitrogen and oxygen atoms in total. The molecule has 2 aromatic carbocycles. The second-order valence-electron chi connectivity index (χ2n) is 6.75. The number of hydrazone groups is 1. The van der Waals surface area contributed by atoms with Crippen LogP contribution in [0.2, 0.25) is 0 Å². The number of rotatable bonds is 10. The number of amides is 1. The van der Waals surface area contributed by atoms with Crippen molar-refractivity contribution in [3.8, 4) is 23.0 Å². The lowest BCUT2D eigenvalue weighted by Crippen LogP contribution is -2.24. The van der Waals surface area contributed by atoms with Crippen molar-refractivity contribution in [2.75, 3.05) is 24.6 Å². The van der Waals surface area contributed by atoms with Gasteiger partial charge in [0.05, 0.1) is 18.6 Å². The van der Waals surface area contributed by atoms with Gasteiger partial charge < -0.3 is 24.6 Å². The second-order valence-corrected chi connectivity index (χ2v) is 7.69. The Balaban J connectivity index is 1.21. The summed E-state index contributed by atoms with van der Waals surface area (Å²) in [4.78, 5) is 16.4. The number of anilines is 1. The molecule has 3 aromatic rings. The molecule has 172 valence electrons. The number of thioether (sulfide) groups is 1. The lowest BCUT2D eigenvalue weighted by atomic mass is 10.2. The fourth-order valence-corrected chi connectivity index (χ4v) is 3.47. The summed E-state index contributed by atoms with van der Waals surface area (Å²) in [7, 11) is 0. The maximum atomic E-state index is 12.1. The lowest BCUT2D eigenvalue weighted by molar-refractivity contribution is -0.118. The first-order valence-corrected chi connectivity index (χ1v) is 11.0. The van der Waals surface area contributed by atoms with Crippen molar-refractivity contribution in [3.05, 3.63) is 47.5 Å². The number of aromatic amines is 1. The van der Waals surface area contributed by atoms with Gasteiger partial charge in [-0.3, -0.25) is 4.79 Å². The molecule has 0 aliphatic carbocycles. The van der Waals surface area contributed by atoms with E-state index in [1.807, 2.05) is 25.1 Å². The predicted molar refractivity (Wildman–Crippen MR) is 122 cm³/mol. The zero-order valence-corrected chi connectivity index (χ0v) is 18.5. The molecule has 12 heteroatoms. The van der Waals surface area contributed by atoms with Gasteiger partial charge in [0.2, 0.25) is 23.8 Å². The van der Waals surface area contributed by atoms with Crippen molar-refractivity contribution in [2.24, 2.45) is 5.10 Å². The third-order valence-electron chi connectivity index (χ3n) is 4.39. The number of hydrogen-bond acceptors (Lipinski definition) is 10. The zero-order chi connectivity index (χ0) is 23.0. The van der Waals surface area contributed by atoms with Crippen LogP contribution >= 0.6 is 11.8 Å². The van der Waals surface area contributed by atoms with Gasteiger partial charge in [0.25, 0.3) is 0 Å². The topological polar surface area (TPSA) is 143 Å². The van der Waals surface area contributed by atoms with E-state index < -0.39 is 0 Å². The number of carbonyl (C=O) groups is 1. The quantitative estimate of drug-likeness (QED) is 0.200. The molecular formula is C21H22N6O5S. The number of nitrogens with zero attached hydrogens (tertiary/aromatic N) is 3. The standard InChI is InChI=1S/C21H22N6O5S/c1-2-30-17-7-14(3-5-15(17)28)10-23-25-20-24-21(27-26-20)33-11-19(29)22-9-13-4-6-16-18(8-13)32-12-31-16/h3-8,10,28H,2,9,11-12H2,1H3,(H,22,29)(H2,24,25,26,27)/b23-10+. The third-order valence-corrected chi connectivity index (χ3v) is 5.24. The Bertz CT molecular complexity index is 1150. The van der Waals surface area contributed by atoms with Crippen LogP contribution in [0.1, 0.15) is 18.1 Å². The van der Waals surface area contributed by atoms with Gasteiger partial charge in [-0.2, -0.15) is 10.1 Å². The van der Waals surface area contributed by atoms with Gasteiger partial charge in [-0.1, -0.05) is 17.8 Å². The first kappa shape index (κ1) is 22.3. The molecule has 4 rings (SSSR count). The van der Waals surface area contributed by atoms with Gasteiger partial charge in [0, 0.05) is 6.54 Å². The summed E-state index contributed by atoms with van der Waals surface area (Å²) in [6.45, 7) is 2.88. The molecule has 0 atom stereocenters. The molecule has 33 heavy (non-hydrogen) atoms. The highest BCUT2D eigenvalue weighted by atomic mass is 32.2. The molecule has 0 saturated carbocycles. The van der Waals surface area contributed by atoms with E-state index in [1.54, 1.807) is 18.3 Å². The van der Waals surface area contributed by atoms with E-state index in [2.05, 4.69) is 31.0 Å². The number of carbonyl (C=O) groups excluding carboxylic acids is 1. The Morgan fingerprint density at radius 1 is 1.30 bits per heavy atom. The van der Waals surface area contributed by atoms with E-state index in [0.717, 1.165) is 11.1 Å². The van der Waals surface area contributed by atoms with E-state index in [-0.39, 0.29) is 24.2 Å². The van der Waals surface area contributed by atoms with Crippen LogP contribution in [0.5, 0.6) is 23.0 Å². The van der Waals surface area contributed by atoms with E-state index in [4.69, 9.17) is 14.2 Å². The van der Waals surface area contributed by atoms with Gasteiger partial charge in [0.15, 0.2) is 23.0 Å². The van der Waals surface area contributed by atoms with Gasteiger partial charge in [-0.15, -0.1) is 5.10 Å². The number of benzene rings is 2. The zero-order valence-electron chi connectivity index (χ0n) is 17.7. The van der Waals surface area contributed by atoms with Gasteiger partial charge >= 0.3 is 0 Å². The number of aromatic hydroxyl groups is 1. The summed E-state index contributed by atoms with van der Waals surface area (Å²) < 4.78 is 16.0. The van der Waals surface area contributed by atoms with Crippen molar-refractivity contribution < 1.29 is 24.1 Å². The van der Waals surface area contributed by atoms with Crippen LogP contribution in [0, 0.1) is 0 Å². The number of phenolic OH excluding ortho intramolecular Hbond substituents is 1. The minimum absolute atomic E-state index is 0.0683. The molecule has 1 aliphatic heterocycles.